The van der Waals surface area contributed by atoms with Gasteiger partial charge in [0.2, 0.25) is 11.8 Å². The molecule has 1 aliphatic rings. The van der Waals surface area contributed by atoms with Crippen LogP contribution in [0.3, 0.4) is 0 Å². The minimum Gasteiger partial charge on any atom is -0.493 e. The summed E-state index contributed by atoms with van der Waals surface area (Å²) >= 11 is 0. The third kappa shape index (κ3) is 4.23. The summed E-state index contributed by atoms with van der Waals surface area (Å²) < 4.78 is 5.95. The van der Waals surface area contributed by atoms with Crippen LogP contribution in [0.2, 0.25) is 0 Å². The van der Waals surface area contributed by atoms with Crippen molar-refractivity contribution in [1.29, 1.82) is 0 Å². The molecule has 150 valence electrons. The molecule has 2 heterocycles. The molecule has 1 aliphatic heterocycles. The zero-order valence-corrected chi connectivity index (χ0v) is 16.4. The van der Waals surface area contributed by atoms with E-state index in [2.05, 4.69) is 9.97 Å². The first kappa shape index (κ1) is 19.0. The summed E-state index contributed by atoms with van der Waals surface area (Å²) in [6.07, 6.45) is 1.95. The summed E-state index contributed by atoms with van der Waals surface area (Å²) in [5.41, 5.74) is 8.26. The largest absolute Gasteiger partial charge is 0.493 e. The van der Waals surface area contributed by atoms with E-state index in [-0.39, 0.29) is 5.91 Å². The number of benzene rings is 2. The average molecular weight is 392 g/mol. The van der Waals surface area contributed by atoms with Crippen molar-refractivity contribution in [3.8, 4) is 17.1 Å². The van der Waals surface area contributed by atoms with E-state index < -0.39 is 5.91 Å². The highest BCUT2D eigenvalue weighted by atomic mass is 16.5. The van der Waals surface area contributed by atoms with E-state index in [1.54, 1.807) is 25.1 Å². The number of amides is 2. The quantitative estimate of drug-likeness (QED) is 0.697. The second kappa shape index (κ2) is 7.95. The van der Waals surface area contributed by atoms with Gasteiger partial charge in [0.05, 0.1) is 17.6 Å². The number of nitrogens with zero attached hydrogens (tertiary/aromatic N) is 2. The number of rotatable bonds is 5. The molecule has 0 unspecified atom stereocenters. The number of fused-ring (bicyclic) bond motifs is 1. The van der Waals surface area contributed by atoms with E-state index >= 15 is 0 Å². The number of aromatic nitrogens is 2. The summed E-state index contributed by atoms with van der Waals surface area (Å²) in [6.45, 7) is 3.90. The number of ether oxygens (including phenoxy) is 1. The molecular formula is C22H24N4O3. The first-order valence-corrected chi connectivity index (χ1v) is 9.78. The number of carbonyl (C=O) groups is 2. The Morgan fingerprint density at radius 3 is 2.55 bits per heavy atom. The predicted molar refractivity (Wildman–Crippen MR) is 111 cm³/mol. The molecule has 2 amide bonds. The third-order valence-electron chi connectivity index (χ3n) is 5.44. The lowest BCUT2D eigenvalue weighted by molar-refractivity contribution is -0.130. The fourth-order valence-corrected chi connectivity index (χ4v) is 3.63. The van der Waals surface area contributed by atoms with Gasteiger partial charge in [-0.2, -0.15) is 0 Å². The average Bonchev–Trinajstić information content (AvgIpc) is 3.16. The van der Waals surface area contributed by atoms with Crippen LogP contribution in [0.5, 0.6) is 5.75 Å². The van der Waals surface area contributed by atoms with Gasteiger partial charge in [-0.3, -0.25) is 9.59 Å². The molecule has 2 aromatic carbocycles. The van der Waals surface area contributed by atoms with Gasteiger partial charge in [0.15, 0.2) is 0 Å². The van der Waals surface area contributed by atoms with Gasteiger partial charge < -0.3 is 20.4 Å². The standard InChI is InChI=1S/C22H24N4O3/c1-14(27)26-10-8-15(9-11-26)13-29-18-5-2-16(3-6-18)22-24-19-7-4-17(21(23)28)12-20(19)25-22/h2-7,12,15H,8-11,13H2,1H3,(H2,23,28)(H,24,25). The Kier molecular flexibility index (Phi) is 5.20. The molecule has 0 aliphatic carbocycles. The van der Waals surface area contributed by atoms with Crippen molar-refractivity contribution in [2.45, 2.75) is 19.8 Å². The van der Waals surface area contributed by atoms with Gasteiger partial charge in [-0.15, -0.1) is 0 Å². The minimum absolute atomic E-state index is 0.149. The van der Waals surface area contributed by atoms with Gasteiger partial charge in [0.25, 0.3) is 0 Å². The van der Waals surface area contributed by atoms with Crippen LogP contribution in [-0.4, -0.2) is 46.4 Å². The van der Waals surface area contributed by atoms with Gasteiger partial charge in [-0.25, -0.2) is 4.98 Å². The van der Waals surface area contributed by atoms with E-state index in [0.717, 1.165) is 48.6 Å². The molecule has 4 rings (SSSR count). The molecule has 3 aromatic rings. The Morgan fingerprint density at radius 2 is 1.90 bits per heavy atom. The van der Waals surface area contributed by atoms with Crippen molar-refractivity contribution in [2.75, 3.05) is 19.7 Å². The monoisotopic (exact) mass is 392 g/mol. The molecule has 0 bridgehead atoms. The number of nitrogens with one attached hydrogen (secondary N) is 1. The molecule has 1 aromatic heterocycles. The first-order valence-electron chi connectivity index (χ1n) is 9.78. The highest BCUT2D eigenvalue weighted by Gasteiger charge is 2.21. The smallest absolute Gasteiger partial charge is 0.248 e. The van der Waals surface area contributed by atoms with Crippen LogP contribution in [0, 0.1) is 5.92 Å². The van der Waals surface area contributed by atoms with Crippen LogP contribution in [0.25, 0.3) is 22.4 Å². The van der Waals surface area contributed by atoms with E-state index in [1.165, 1.54) is 0 Å². The zero-order valence-electron chi connectivity index (χ0n) is 16.4. The maximum Gasteiger partial charge on any atom is 0.248 e. The van der Waals surface area contributed by atoms with Crippen LogP contribution in [-0.2, 0) is 4.79 Å². The Bertz CT molecular complexity index is 1030. The summed E-state index contributed by atoms with van der Waals surface area (Å²) in [5, 5.41) is 0. The summed E-state index contributed by atoms with van der Waals surface area (Å²) in [6, 6.07) is 13.0. The second-order valence-corrected chi connectivity index (χ2v) is 7.47. The normalized spacial score (nSPS) is 14.9. The van der Waals surface area contributed by atoms with Crippen LogP contribution in [0.15, 0.2) is 42.5 Å². The zero-order chi connectivity index (χ0) is 20.4. The summed E-state index contributed by atoms with van der Waals surface area (Å²) in [5.74, 6) is 1.70. The Hall–Kier alpha value is -3.35. The SMILES string of the molecule is CC(=O)N1CCC(COc2ccc(-c3nc4cc(C(N)=O)ccc4[nH]3)cc2)CC1. The lowest BCUT2D eigenvalue weighted by atomic mass is 9.98. The Morgan fingerprint density at radius 1 is 1.17 bits per heavy atom. The number of likely N-dealkylation sites (tertiary alicyclic amines) is 1. The number of piperidine rings is 1. The van der Waals surface area contributed by atoms with Crippen molar-refractivity contribution in [3.63, 3.8) is 0 Å². The van der Waals surface area contributed by atoms with Crippen molar-refractivity contribution < 1.29 is 14.3 Å². The topological polar surface area (TPSA) is 101 Å². The molecular weight excluding hydrogens is 368 g/mol. The lowest BCUT2D eigenvalue weighted by Gasteiger charge is -2.31. The third-order valence-corrected chi connectivity index (χ3v) is 5.44. The van der Waals surface area contributed by atoms with Crippen LogP contribution < -0.4 is 10.5 Å². The summed E-state index contributed by atoms with van der Waals surface area (Å²) in [7, 11) is 0. The molecule has 7 heteroatoms. The molecule has 1 saturated heterocycles. The predicted octanol–water partition coefficient (Wildman–Crippen LogP) is 2.97. The number of aromatic amines is 1. The first-order chi connectivity index (χ1) is 14.0. The van der Waals surface area contributed by atoms with Gasteiger partial charge in [-0.1, -0.05) is 0 Å². The molecule has 1 fully saturated rings. The molecule has 0 atom stereocenters. The van der Waals surface area contributed by atoms with Crippen LogP contribution in [0.4, 0.5) is 0 Å². The van der Waals surface area contributed by atoms with Crippen molar-refractivity contribution in [3.05, 3.63) is 48.0 Å². The molecule has 0 spiro atoms. The second-order valence-electron chi connectivity index (χ2n) is 7.47. The minimum atomic E-state index is -0.468. The number of hydrogen-bond acceptors (Lipinski definition) is 4. The van der Waals surface area contributed by atoms with Gasteiger partial charge in [0, 0.05) is 31.1 Å². The Labute approximate surface area is 168 Å². The van der Waals surface area contributed by atoms with E-state index in [1.807, 2.05) is 29.2 Å². The van der Waals surface area contributed by atoms with Gasteiger partial charge in [-0.05, 0) is 61.2 Å². The molecule has 0 radical (unpaired) electrons. The summed E-state index contributed by atoms with van der Waals surface area (Å²) in [4.78, 5) is 32.4. The van der Waals surface area contributed by atoms with Crippen LogP contribution >= 0.6 is 0 Å². The number of H-pyrrole nitrogens is 1. The number of imidazole rings is 1. The molecule has 29 heavy (non-hydrogen) atoms. The van der Waals surface area contributed by atoms with Crippen molar-refractivity contribution >= 4 is 22.8 Å². The number of hydrogen-bond donors (Lipinski definition) is 2. The van der Waals surface area contributed by atoms with Gasteiger partial charge >= 0.3 is 0 Å². The fraction of sp³-hybridized carbons (Fsp3) is 0.318. The Balaban J connectivity index is 1.38. The van der Waals surface area contributed by atoms with E-state index in [4.69, 9.17) is 10.5 Å². The van der Waals surface area contributed by atoms with Crippen molar-refractivity contribution in [2.24, 2.45) is 11.7 Å². The van der Waals surface area contributed by atoms with Gasteiger partial charge in [0.1, 0.15) is 11.6 Å². The number of primary amides is 1. The number of nitrogens with two attached hydrogens (primary N) is 1. The molecule has 3 N–H and O–H groups in total. The fourth-order valence-electron chi connectivity index (χ4n) is 3.63. The lowest BCUT2D eigenvalue weighted by Crippen LogP contribution is -2.38. The van der Waals surface area contributed by atoms with E-state index in [0.29, 0.717) is 23.6 Å². The molecule has 7 nitrogen and oxygen atoms in total. The maximum atomic E-state index is 11.4. The highest BCUT2D eigenvalue weighted by Crippen LogP contribution is 2.25. The maximum absolute atomic E-state index is 11.4. The number of carbonyl (C=O) groups excluding carboxylic acids is 2. The van der Waals surface area contributed by atoms with Crippen LogP contribution in [0.1, 0.15) is 30.1 Å². The van der Waals surface area contributed by atoms with Crippen molar-refractivity contribution in [1.82, 2.24) is 14.9 Å². The molecule has 0 saturated carbocycles. The highest BCUT2D eigenvalue weighted by molar-refractivity contribution is 5.96. The van der Waals surface area contributed by atoms with E-state index in [9.17, 15) is 9.59 Å².